The molecule has 2 N–H and O–H groups in total. The number of rotatable bonds is 5. The number of ether oxygens (including phenoxy) is 1. The van der Waals surface area contributed by atoms with Crippen LogP contribution >= 0.6 is 0 Å². The summed E-state index contributed by atoms with van der Waals surface area (Å²) in [5.41, 5.74) is 4.29. The number of hydrogen-bond donors (Lipinski definition) is 2. The van der Waals surface area contributed by atoms with E-state index >= 15 is 0 Å². The summed E-state index contributed by atoms with van der Waals surface area (Å²) in [4.78, 5) is 21.6. The minimum absolute atomic E-state index is 0.360. The van der Waals surface area contributed by atoms with E-state index < -0.39 is 0 Å². The molecule has 1 aromatic heterocycles. The number of imidazole rings is 1. The van der Waals surface area contributed by atoms with Gasteiger partial charge in [-0.3, -0.25) is 5.32 Å². The van der Waals surface area contributed by atoms with Gasteiger partial charge in [0.15, 0.2) is 0 Å². The van der Waals surface area contributed by atoms with Gasteiger partial charge in [0.05, 0.1) is 25.2 Å². The van der Waals surface area contributed by atoms with Gasteiger partial charge < -0.3 is 14.6 Å². The average molecular weight is 340 g/mol. The highest BCUT2D eigenvalue weighted by atomic mass is 16.5. The maximum absolute atomic E-state index is 12.0. The van der Waals surface area contributed by atoms with Gasteiger partial charge in [0.25, 0.3) is 0 Å². The molecule has 1 aliphatic heterocycles. The second kappa shape index (κ2) is 7.17. The third kappa shape index (κ3) is 3.78. The Bertz CT molecular complexity index is 725. The molecule has 0 spiro atoms. The Morgan fingerprint density at radius 2 is 2.28 bits per heavy atom. The van der Waals surface area contributed by atoms with Crippen molar-refractivity contribution in [2.24, 2.45) is 5.92 Å². The minimum Gasteiger partial charge on any atom is -0.449 e. The number of carbonyl (C=O) groups is 1. The molecule has 6 nitrogen and oxygen atoms in total. The van der Waals surface area contributed by atoms with Gasteiger partial charge in [-0.15, -0.1) is 0 Å². The van der Waals surface area contributed by atoms with E-state index in [1.807, 2.05) is 18.3 Å². The Balaban J connectivity index is 1.42. The highest BCUT2D eigenvalue weighted by Crippen LogP contribution is 2.31. The van der Waals surface area contributed by atoms with Crippen LogP contribution in [-0.2, 0) is 17.7 Å². The van der Waals surface area contributed by atoms with Crippen LogP contribution in [0.15, 0.2) is 30.7 Å². The molecular formula is C19H24N4O2. The number of nitrogens with one attached hydrogen (secondary N) is 2. The molecule has 1 saturated carbocycles. The Morgan fingerprint density at radius 1 is 1.36 bits per heavy atom. The number of carbonyl (C=O) groups excluding carboxylic acids is 1. The minimum atomic E-state index is -0.360. The zero-order valence-corrected chi connectivity index (χ0v) is 14.3. The van der Waals surface area contributed by atoms with Crippen molar-refractivity contribution in [2.45, 2.75) is 38.6 Å². The first kappa shape index (κ1) is 16.0. The number of H-pyrrole nitrogens is 1. The van der Waals surface area contributed by atoms with Crippen molar-refractivity contribution < 1.29 is 9.53 Å². The van der Waals surface area contributed by atoms with Gasteiger partial charge >= 0.3 is 6.09 Å². The maximum Gasteiger partial charge on any atom is 0.411 e. The van der Waals surface area contributed by atoms with Crippen molar-refractivity contribution in [3.63, 3.8) is 0 Å². The third-order valence-corrected chi connectivity index (χ3v) is 5.13. The molecule has 1 fully saturated rings. The van der Waals surface area contributed by atoms with Crippen LogP contribution in [0, 0.1) is 5.92 Å². The Labute approximate surface area is 147 Å². The summed E-state index contributed by atoms with van der Waals surface area (Å²) in [6.07, 6.45) is 9.08. The second-order valence-corrected chi connectivity index (χ2v) is 6.95. The highest BCUT2D eigenvalue weighted by molar-refractivity contribution is 5.85. The van der Waals surface area contributed by atoms with Crippen LogP contribution in [0.4, 0.5) is 16.2 Å². The molecule has 2 heterocycles. The molecule has 1 aliphatic carbocycles. The van der Waals surface area contributed by atoms with E-state index in [9.17, 15) is 4.79 Å². The number of amides is 1. The average Bonchev–Trinajstić information content (AvgIpc) is 3.07. The van der Waals surface area contributed by atoms with E-state index in [-0.39, 0.29) is 6.09 Å². The quantitative estimate of drug-likeness (QED) is 0.870. The fourth-order valence-corrected chi connectivity index (χ4v) is 3.47. The number of aromatic nitrogens is 2. The standard InChI is InChI=1S/C19H24N4O2/c24-19(25-12-14-3-1-4-14)22-16-7-6-15-5-2-8-23(18(15)9-16)11-17-10-20-13-21-17/h6-7,9-10,13-14H,1-5,8,11-12H2,(H,20,21)(H,22,24). The third-order valence-electron chi connectivity index (χ3n) is 5.13. The number of aromatic amines is 1. The summed E-state index contributed by atoms with van der Waals surface area (Å²) >= 11 is 0. The lowest BCUT2D eigenvalue weighted by Crippen LogP contribution is -2.29. The molecule has 0 atom stereocenters. The summed E-state index contributed by atoms with van der Waals surface area (Å²) < 4.78 is 5.33. The van der Waals surface area contributed by atoms with Crippen LogP contribution in [-0.4, -0.2) is 29.2 Å². The Kier molecular flexibility index (Phi) is 4.59. The zero-order chi connectivity index (χ0) is 17.1. The SMILES string of the molecule is O=C(Nc1ccc2c(c1)N(Cc1c[nH]cn1)CCC2)OCC1CCC1. The number of hydrogen-bond acceptors (Lipinski definition) is 4. The largest absolute Gasteiger partial charge is 0.449 e. The fraction of sp³-hybridized carbons (Fsp3) is 0.474. The fourth-order valence-electron chi connectivity index (χ4n) is 3.47. The monoisotopic (exact) mass is 340 g/mol. The van der Waals surface area contributed by atoms with Crippen molar-refractivity contribution in [1.82, 2.24) is 9.97 Å². The van der Waals surface area contributed by atoms with Crippen LogP contribution in [0.25, 0.3) is 0 Å². The zero-order valence-electron chi connectivity index (χ0n) is 14.3. The second-order valence-electron chi connectivity index (χ2n) is 6.95. The van der Waals surface area contributed by atoms with Gasteiger partial charge in [-0.05, 0) is 49.3 Å². The molecular weight excluding hydrogens is 316 g/mol. The van der Waals surface area contributed by atoms with E-state index in [2.05, 4.69) is 26.3 Å². The lowest BCUT2D eigenvalue weighted by atomic mass is 9.86. The van der Waals surface area contributed by atoms with Crippen molar-refractivity contribution in [1.29, 1.82) is 0 Å². The smallest absolute Gasteiger partial charge is 0.411 e. The molecule has 132 valence electrons. The van der Waals surface area contributed by atoms with Gasteiger partial charge in [0.1, 0.15) is 0 Å². The van der Waals surface area contributed by atoms with Gasteiger partial charge in [-0.2, -0.15) is 0 Å². The molecule has 2 aliphatic rings. The number of benzene rings is 1. The molecule has 0 unspecified atom stereocenters. The van der Waals surface area contributed by atoms with Crippen LogP contribution in [0.5, 0.6) is 0 Å². The molecule has 1 amide bonds. The van der Waals surface area contributed by atoms with Gasteiger partial charge in [-0.1, -0.05) is 12.5 Å². The number of aryl methyl sites for hydroxylation is 1. The summed E-state index contributed by atoms with van der Waals surface area (Å²) in [5.74, 6) is 0.554. The predicted octanol–water partition coefficient (Wildman–Crippen LogP) is 3.71. The summed E-state index contributed by atoms with van der Waals surface area (Å²) in [7, 11) is 0. The maximum atomic E-state index is 12.0. The molecule has 6 heteroatoms. The molecule has 25 heavy (non-hydrogen) atoms. The van der Waals surface area contributed by atoms with Crippen molar-refractivity contribution in [3.05, 3.63) is 42.0 Å². The van der Waals surface area contributed by atoms with Crippen LogP contribution in [0.1, 0.15) is 36.9 Å². The summed E-state index contributed by atoms with van der Waals surface area (Å²) in [5, 5.41) is 2.87. The molecule has 0 radical (unpaired) electrons. The van der Waals surface area contributed by atoms with Gasteiger partial charge in [-0.25, -0.2) is 9.78 Å². The normalized spacial score (nSPS) is 16.9. The Hall–Kier alpha value is -2.50. The molecule has 4 rings (SSSR count). The molecule has 0 saturated heterocycles. The van der Waals surface area contributed by atoms with Crippen LogP contribution in [0.2, 0.25) is 0 Å². The summed E-state index contributed by atoms with van der Waals surface area (Å²) in [6, 6.07) is 6.11. The first-order chi connectivity index (χ1) is 12.3. The number of nitrogens with zero attached hydrogens (tertiary/aromatic N) is 2. The molecule has 1 aromatic carbocycles. The Morgan fingerprint density at radius 3 is 3.04 bits per heavy atom. The van der Waals surface area contributed by atoms with E-state index in [1.165, 1.54) is 30.5 Å². The predicted molar refractivity (Wildman–Crippen MR) is 96.7 cm³/mol. The van der Waals surface area contributed by atoms with Gasteiger partial charge in [0, 0.05) is 24.1 Å². The molecule has 0 bridgehead atoms. The first-order valence-electron chi connectivity index (χ1n) is 9.07. The van der Waals surface area contributed by atoms with Crippen molar-refractivity contribution in [3.8, 4) is 0 Å². The lowest BCUT2D eigenvalue weighted by Gasteiger charge is -2.31. The van der Waals surface area contributed by atoms with Crippen molar-refractivity contribution in [2.75, 3.05) is 23.4 Å². The van der Waals surface area contributed by atoms with Crippen molar-refractivity contribution >= 4 is 17.5 Å². The highest BCUT2D eigenvalue weighted by Gasteiger charge is 2.20. The van der Waals surface area contributed by atoms with Crippen LogP contribution < -0.4 is 10.2 Å². The molecule has 2 aromatic rings. The number of anilines is 2. The van der Waals surface area contributed by atoms with E-state index in [0.29, 0.717) is 12.5 Å². The lowest BCUT2D eigenvalue weighted by molar-refractivity contribution is 0.115. The first-order valence-corrected chi connectivity index (χ1v) is 9.07. The van der Waals surface area contributed by atoms with Gasteiger partial charge in [0.2, 0.25) is 0 Å². The van der Waals surface area contributed by atoms with E-state index in [0.717, 1.165) is 37.3 Å². The summed E-state index contributed by atoms with van der Waals surface area (Å²) in [6.45, 7) is 2.30. The topological polar surface area (TPSA) is 70.2 Å². The van der Waals surface area contributed by atoms with Crippen LogP contribution in [0.3, 0.4) is 0 Å². The van der Waals surface area contributed by atoms with E-state index in [4.69, 9.17) is 4.74 Å². The number of fused-ring (bicyclic) bond motifs is 1. The van der Waals surface area contributed by atoms with E-state index in [1.54, 1.807) is 6.33 Å².